The van der Waals surface area contributed by atoms with Crippen LogP contribution in [0.25, 0.3) is 11.1 Å². The molecule has 0 saturated carbocycles. The second-order valence-electron chi connectivity index (χ2n) is 7.46. The lowest BCUT2D eigenvalue weighted by atomic mass is 10.0. The number of piperidine rings is 1. The van der Waals surface area contributed by atoms with Gasteiger partial charge in [0.05, 0.1) is 17.8 Å². The number of rotatable bonds is 6. The van der Waals surface area contributed by atoms with Crippen LogP contribution in [-0.4, -0.2) is 29.8 Å². The van der Waals surface area contributed by atoms with Crippen molar-refractivity contribution in [3.63, 3.8) is 0 Å². The van der Waals surface area contributed by atoms with E-state index in [0.29, 0.717) is 12.1 Å². The van der Waals surface area contributed by atoms with Crippen LogP contribution in [0, 0.1) is 11.3 Å². The molecule has 5 nitrogen and oxygen atoms in total. The van der Waals surface area contributed by atoms with E-state index in [1.165, 1.54) is 24.8 Å². The largest absolute Gasteiger partial charge is 0.355 e. The molecule has 0 amide bonds. The Labute approximate surface area is 181 Å². The molecule has 152 valence electrons. The van der Waals surface area contributed by atoms with E-state index in [9.17, 15) is 5.26 Å². The van der Waals surface area contributed by atoms with Gasteiger partial charge in [-0.15, -0.1) is 5.10 Å². The van der Waals surface area contributed by atoms with Crippen LogP contribution in [0.5, 0.6) is 0 Å². The summed E-state index contributed by atoms with van der Waals surface area (Å²) in [6.45, 7) is 2.71. The maximum Gasteiger partial charge on any atom is 0.152 e. The maximum atomic E-state index is 9.40. The number of aromatic nitrogens is 2. The van der Waals surface area contributed by atoms with Crippen LogP contribution in [-0.2, 0) is 6.42 Å². The Hall–Kier alpha value is -2.88. The minimum absolute atomic E-state index is 0.645. The third kappa shape index (κ3) is 4.81. The highest BCUT2D eigenvalue weighted by Crippen LogP contribution is 2.37. The maximum absolute atomic E-state index is 9.40. The van der Waals surface area contributed by atoms with Gasteiger partial charge >= 0.3 is 0 Å². The normalized spacial score (nSPS) is 13.8. The van der Waals surface area contributed by atoms with Gasteiger partial charge in [-0.1, -0.05) is 42.1 Å². The van der Waals surface area contributed by atoms with Crippen molar-refractivity contribution in [3.8, 4) is 17.2 Å². The molecule has 0 aliphatic carbocycles. The lowest BCUT2D eigenvalue weighted by molar-refractivity contribution is 0.570. The van der Waals surface area contributed by atoms with Gasteiger partial charge in [0.15, 0.2) is 5.82 Å². The van der Waals surface area contributed by atoms with Crippen molar-refractivity contribution in [1.82, 2.24) is 10.2 Å². The minimum atomic E-state index is 0.645. The Kier molecular flexibility index (Phi) is 6.63. The zero-order valence-electron chi connectivity index (χ0n) is 16.9. The first-order valence-corrected chi connectivity index (χ1v) is 11.2. The molecule has 6 heteroatoms. The molecule has 0 radical (unpaired) electrons. The van der Waals surface area contributed by atoms with Gasteiger partial charge in [0.1, 0.15) is 0 Å². The standard InChI is InChI=1S/C24H25N5S/c25-11-10-18-4-7-20(8-5-18)22-9-6-19(16-26)14-23(22)30-21-15-24(28-27-17-21)29-12-2-1-3-13-29/h4-9,14-15,17H,1-3,10-13,25H2. The predicted molar refractivity (Wildman–Crippen MR) is 122 cm³/mol. The Morgan fingerprint density at radius 2 is 1.83 bits per heavy atom. The van der Waals surface area contributed by atoms with Gasteiger partial charge in [0.2, 0.25) is 0 Å². The van der Waals surface area contributed by atoms with Crippen molar-refractivity contribution in [2.45, 2.75) is 35.5 Å². The molecule has 1 aromatic heterocycles. The molecule has 4 rings (SSSR count). The van der Waals surface area contributed by atoms with Gasteiger partial charge in [0.25, 0.3) is 0 Å². The zero-order valence-corrected chi connectivity index (χ0v) is 17.7. The first-order chi connectivity index (χ1) is 14.8. The summed E-state index contributed by atoms with van der Waals surface area (Å²) < 4.78 is 0. The fraction of sp³-hybridized carbons (Fsp3) is 0.292. The molecule has 2 heterocycles. The van der Waals surface area contributed by atoms with Gasteiger partial charge in [-0.3, -0.25) is 0 Å². The molecule has 30 heavy (non-hydrogen) atoms. The lowest BCUT2D eigenvalue weighted by Crippen LogP contribution is -2.30. The number of nitrogens with zero attached hydrogens (tertiary/aromatic N) is 4. The first kappa shape index (κ1) is 20.4. The van der Waals surface area contributed by atoms with Crippen LogP contribution in [0.1, 0.15) is 30.4 Å². The Balaban J connectivity index is 1.64. The number of anilines is 1. The summed E-state index contributed by atoms with van der Waals surface area (Å²) in [5, 5.41) is 18.0. The van der Waals surface area contributed by atoms with Crippen LogP contribution < -0.4 is 10.6 Å². The molecule has 0 bridgehead atoms. The number of nitrogens with two attached hydrogens (primary N) is 1. The quantitative estimate of drug-likeness (QED) is 0.631. The molecule has 2 N–H and O–H groups in total. The average molecular weight is 416 g/mol. The van der Waals surface area contributed by atoms with Crippen molar-refractivity contribution >= 4 is 17.6 Å². The smallest absolute Gasteiger partial charge is 0.152 e. The summed E-state index contributed by atoms with van der Waals surface area (Å²) >= 11 is 1.63. The topological polar surface area (TPSA) is 78.8 Å². The SMILES string of the molecule is N#Cc1ccc(-c2ccc(CCN)cc2)c(Sc2cnnc(N3CCCCC3)c2)c1. The third-order valence-corrected chi connectivity index (χ3v) is 6.35. The number of hydrogen-bond donors (Lipinski definition) is 1. The summed E-state index contributed by atoms with van der Waals surface area (Å²) in [5.41, 5.74) is 9.78. The highest BCUT2D eigenvalue weighted by Gasteiger charge is 2.14. The minimum Gasteiger partial charge on any atom is -0.355 e. The van der Waals surface area contributed by atoms with Crippen molar-refractivity contribution in [1.29, 1.82) is 5.26 Å². The van der Waals surface area contributed by atoms with E-state index in [0.717, 1.165) is 46.2 Å². The summed E-state index contributed by atoms with van der Waals surface area (Å²) in [4.78, 5) is 4.38. The van der Waals surface area contributed by atoms with Crippen molar-refractivity contribution in [2.24, 2.45) is 5.73 Å². The van der Waals surface area contributed by atoms with Crippen LogP contribution in [0.4, 0.5) is 5.82 Å². The summed E-state index contributed by atoms with van der Waals surface area (Å²) in [5.74, 6) is 0.934. The van der Waals surface area contributed by atoms with Gasteiger partial charge in [-0.25, -0.2) is 0 Å². The van der Waals surface area contributed by atoms with E-state index < -0.39 is 0 Å². The van der Waals surface area contributed by atoms with Crippen LogP contribution in [0.15, 0.2) is 64.5 Å². The average Bonchev–Trinajstić information content (AvgIpc) is 2.81. The molecule has 1 saturated heterocycles. The fourth-order valence-electron chi connectivity index (χ4n) is 3.73. The van der Waals surface area contributed by atoms with Crippen molar-refractivity contribution in [3.05, 3.63) is 65.9 Å². The number of benzene rings is 2. The Bertz CT molecular complexity index is 1040. The van der Waals surface area contributed by atoms with E-state index in [4.69, 9.17) is 5.73 Å². The predicted octanol–water partition coefficient (Wildman–Crippen LogP) is 4.66. The van der Waals surface area contributed by atoms with Gasteiger partial charge in [-0.05, 0) is 67.1 Å². The number of nitriles is 1. The van der Waals surface area contributed by atoms with Crippen LogP contribution in [0.2, 0.25) is 0 Å². The first-order valence-electron chi connectivity index (χ1n) is 10.4. The van der Waals surface area contributed by atoms with Crippen molar-refractivity contribution in [2.75, 3.05) is 24.5 Å². The van der Waals surface area contributed by atoms with Gasteiger partial charge in [-0.2, -0.15) is 10.4 Å². The number of hydrogen-bond acceptors (Lipinski definition) is 6. The summed E-state index contributed by atoms with van der Waals surface area (Å²) in [6, 6.07) is 18.7. The molecular formula is C24H25N5S. The van der Waals surface area contributed by atoms with E-state index in [-0.39, 0.29) is 0 Å². The Morgan fingerprint density at radius 3 is 2.57 bits per heavy atom. The second-order valence-corrected chi connectivity index (χ2v) is 8.57. The fourth-order valence-corrected chi connectivity index (χ4v) is 4.73. The molecule has 3 aromatic rings. The molecule has 0 unspecified atom stereocenters. The molecule has 1 fully saturated rings. The lowest BCUT2D eigenvalue weighted by Gasteiger charge is -2.27. The summed E-state index contributed by atoms with van der Waals surface area (Å²) in [7, 11) is 0. The summed E-state index contributed by atoms with van der Waals surface area (Å²) in [6.07, 6.45) is 6.36. The molecule has 2 aromatic carbocycles. The van der Waals surface area contributed by atoms with Gasteiger partial charge in [0, 0.05) is 22.9 Å². The highest BCUT2D eigenvalue weighted by atomic mass is 32.2. The van der Waals surface area contributed by atoms with Crippen LogP contribution in [0.3, 0.4) is 0 Å². The van der Waals surface area contributed by atoms with Crippen molar-refractivity contribution < 1.29 is 0 Å². The highest BCUT2D eigenvalue weighted by molar-refractivity contribution is 7.99. The van der Waals surface area contributed by atoms with E-state index in [1.54, 1.807) is 18.0 Å². The third-order valence-electron chi connectivity index (χ3n) is 5.33. The van der Waals surface area contributed by atoms with Crippen LogP contribution >= 0.6 is 11.8 Å². The molecule has 1 aliphatic rings. The zero-order chi connectivity index (χ0) is 20.8. The molecule has 1 aliphatic heterocycles. The van der Waals surface area contributed by atoms with E-state index >= 15 is 0 Å². The van der Waals surface area contributed by atoms with E-state index in [2.05, 4.69) is 51.5 Å². The monoisotopic (exact) mass is 415 g/mol. The second kappa shape index (κ2) is 9.75. The Morgan fingerprint density at radius 1 is 1.03 bits per heavy atom. The molecular weight excluding hydrogens is 390 g/mol. The van der Waals surface area contributed by atoms with E-state index in [1.807, 2.05) is 18.2 Å². The molecule has 0 spiro atoms. The molecule has 0 atom stereocenters. The van der Waals surface area contributed by atoms with Gasteiger partial charge < -0.3 is 10.6 Å².